The Labute approximate surface area is 173 Å². The summed E-state index contributed by atoms with van der Waals surface area (Å²) in [5.74, 6) is -0.346. The third kappa shape index (κ3) is 5.47. The third-order valence-corrected chi connectivity index (χ3v) is 5.53. The van der Waals surface area contributed by atoms with Crippen molar-refractivity contribution in [1.29, 1.82) is 0 Å². The first-order valence-corrected chi connectivity index (χ1v) is 10.8. The Morgan fingerprint density at radius 1 is 1.31 bits per heavy atom. The van der Waals surface area contributed by atoms with Crippen molar-refractivity contribution in [2.24, 2.45) is 0 Å². The summed E-state index contributed by atoms with van der Waals surface area (Å²) in [5.41, 5.74) is 0.0478. The largest absolute Gasteiger partial charge is 0.438 e. The van der Waals surface area contributed by atoms with Crippen molar-refractivity contribution in [3.05, 3.63) is 47.9 Å². The zero-order chi connectivity index (χ0) is 20.8. The number of nitrogens with zero attached hydrogens (tertiary/aromatic N) is 2. The van der Waals surface area contributed by atoms with Crippen LogP contribution in [-0.2, 0) is 4.79 Å². The zero-order valence-corrected chi connectivity index (χ0v) is 17.3. The molecule has 1 N–H and O–H groups in total. The number of benzene rings is 1. The smallest absolute Gasteiger partial charge is 0.257 e. The Balaban J connectivity index is 1.70. The quantitative estimate of drug-likeness (QED) is 0.723. The Hall–Kier alpha value is -2.61. The van der Waals surface area contributed by atoms with Gasteiger partial charge in [0.15, 0.2) is 0 Å². The molecule has 2 amide bonds. The maximum Gasteiger partial charge on any atom is 0.257 e. The van der Waals surface area contributed by atoms with E-state index < -0.39 is 11.7 Å². The Bertz CT molecular complexity index is 885. The molecule has 1 fully saturated rings. The predicted octanol–water partition coefficient (Wildman–Crippen LogP) is 3.87. The molecule has 0 bridgehead atoms. The summed E-state index contributed by atoms with van der Waals surface area (Å²) in [6, 6.07) is 8.42. The molecule has 6 nitrogen and oxygen atoms in total. The van der Waals surface area contributed by atoms with Crippen LogP contribution in [0.1, 0.15) is 36.5 Å². The van der Waals surface area contributed by atoms with Gasteiger partial charge in [-0.05, 0) is 43.4 Å². The molecule has 29 heavy (non-hydrogen) atoms. The average molecular weight is 418 g/mol. The molecule has 1 aromatic carbocycles. The Kier molecular flexibility index (Phi) is 7.09. The number of amides is 2. The second-order valence-electron chi connectivity index (χ2n) is 6.77. The Morgan fingerprint density at radius 2 is 2.07 bits per heavy atom. The van der Waals surface area contributed by atoms with Crippen LogP contribution in [0, 0.1) is 5.82 Å². The van der Waals surface area contributed by atoms with Gasteiger partial charge in [0.2, 0.25) is 11.8 Å². The number of carbonyl (C=O) groups excluding carboxylic acids is 2. The van der Waals surface area contributed by atoms with Crippen LogP contribution in [0.15, 0.2) is 41.4 Å². The first-order valence-electron chi connectivity index (χ1n) is 9.56. The topological polar surface area (TPSA) is 71.5 Å². The van der Waals surface area contributed by atoms with Gasteiger partial charge in [-0.1, -0.05) is 13.0 Å². The van der Waals surface area contributed by atoms with Gasteiger partial charge in [0.25, 0.3) is 5.91 Å². The minimum absolute atomic E-state index is 0.0478. The molecular formula is C21H24FN3O3S. The molecule has 2 heterocycles. The lowest BCUT2D eigenvalue weighted by atomic mass is 10.0. The van der Waals surface area contributed by atoms with Gasteiger partial charge < -0.3 is 15.0 Å². The second kappa shape index (κ2) is 9.73. The number of aromatic nitrogens is 1. The van der Waals surface area contributed by atoms with Gasteiger partial charge in [-0.3, -0.25) is 9.59 Å². The SMILES string of the molecule is CCC(=O)N1CCC(NC(=O)c2cc(F)cnc2Oc2cccc(SC)c2)CC1. The molecule has 0 saturated carbocycles. The van der Waals surface area contributed by atoms with Crippen LogP contribution in [0.25, 0.3) is 0 Å². The van der Waals surface area contributed by atoms with Crippen molar-refractivity contribution in [2.75, 3.05) is 19.3 Å². The monoisotopic (exact) mass is 417 g/mol. The van der Waals surface area contributed by atoms with E-state index >= 15 is 0 Å². The third-order valence-electron chi connectivity index (χ3n) is 4.80. The van der Waals surface area contributed by atoms with Crippen LogP contribution in [-0.4, -0.2) is 47.1 Å². The van der Waals surface area contributed by atoms with E-state index in [0.29, 0.717) is 38.1 Å². The summed E-state index contributed by atoms with van der Waals surface area (Å²) >= 11 is 1.57. The second-order valence-corrected chi connectivity index (χ2v) is 7.65. The number of hydrogen-bond donors (Lipinski definition) is 1. The number of ether oxygens (including phenoxy) is 1. The molecule has 3 rings (SSSR count). The molecule has 1 aliphatic heterocycles. The van der Waals surface area contributed by atoms with Gasteiger partial charge in [0, 0.05) is 30.4 Å². The normalized spacial score (nSPS) is 14.5. The number of carbonyl (C=O) groups is 2. The van der Waals surface area contributed by atoms with Gasteiger partial charge in [0.1, 0.15) is 17.1 Å². The molecule has 1 aromatic heterocycles. The molecular weight excluding hydrogens is 393 g/mol. The van der Waals surface area contributed by atoms with Gasteiger partial charge >= 0.3 is 0 Å². The highest BCUT2D eigenvalue weighted by Gasteiger charge is 2.25. The highest BCUT2D eigenvalue weighted by Crippen LogP contribution is 2.27. The number of hydrogen-bond acceptors (Lipinski definition) is 5. The fourth-order valence-electron chi connectivity index (χ4n) is 3.21. The van der Waals surface area contributed by atoms with Crippen LogP contribution in [0.2, 0.25) is 0 Å². The van der Waals surface area contributed by atoms with Crippen molar-refractivity contribution in [3.63, 3.8) is 0 Å². The minimum Gasteiger partial charge on any atom is -0.438 e. The molecule has 0 aliphatic carbocycles. The standard InChI is InChI=1S/C21H24FN3O3S/c1-3-19(26)25-9-7-15(8-10-25)24-20(27)18-11-14(22)13-23-21(18)28-16-5-4-6-17(12-16)29-2/h4-6,11-13,15H,3,7-10H2,1-2H3,(H,24,27). The Morgan fingerprint density at radius 3 is 2.76 bits per heavy atom. The fraction of sp³-hybridized carbons (Fsp3) is 0.381. The molecule has 1 saturated heterocycles. The van der Waals surface area contributed by atoms with Crippen LogP contribution in [0.5, 0.6) is 11.6 Å². The molecule has 0 spiro atoms. The summed E-state index contributed by atoms with van der Waals surface area (Å²) in [6.45, 7) is 3.04. The lowest BCUT2D eigenvalue weighted by Gasteiger charge is -2.32. The molecule has 0 atom stereocenters. The lowest BCUT2D eigenvalue weighted by Crippen LogP contribution is -2.46. The summed E-state index contributed by atoms with van der Waals surface area (Å²) in [4.78, 5) is 31.4. The number of rotatable bonds is 6. The van der Waals surface area contributed by atoms with Crippen molar-refractivity contribution >= 4 is 23.6 Å². The van der Waals surface area contributed by atoms with E-state index in [0.717, 1.165) is 17.2 Å². The van der Waals surface area contributed by atoms with Crippen LogP contribution in [0.4, 0.5) is 4.39 Å². The summed E-state index contributed by atoms with van der Waals surface area (Å²) in [6.07, 6.45) is 4.77. The van der Waals surface area contributed by atoms with Crippen molar-refractivity contribution in [3.8, 4) is 11.6 Å². The summed E-state index contributed by atoms with van der Waals surface area (Å²) < 4.78 is 19.6. The average Bonchev–Trinajstić information content (AvgIpc) is 2.75. The first kappa shape index (κ1) is 21.1. The highest BCUT2D eigenvalue weighted by molar-refractivity contribution is 7.98. The number of thioether (sulfide) groups is 1. The van der Waals surface area contributed by atoms with Gasteiger partial charge in [-0.25, -0.2) is 9.37 Å². The highest BCUT2D eigenvalue weighted by atomic mass is 32.2. The van der Waals surface area contributed by atoms with Crippen molar-refractivity contribution in [1.82, 2.24) is 15.2 Å². The van der Waals surface area contributed by atoms with E-state index in [-0.39, 0.29) is 23.4 Å². The minimum atomic E-state index is -0.608. The molecule has 0 unspecified atom stereocenters. The maximum absolute atomic E-state index is 13.8. The van der Waals surface area contributed by atoms with Crippen LogP contribution >= 0.6 is 11.8 Å². The summed E-state index contributed by atoms with van der Waals surface area (Å²) in [5, 5.41) is 2.92. The van der Waals surface area contributed by atoms with Gasteiger partial charge in [-0.2, -0.15) is 0 Å². The van der Waals surface area contributed by atoms with Crippen LogP contribution < -0.4 is 10.1 Å². The number of likely N-dealkylation sites (tertiary alicyclic amines) is 1. The zero-order valence-electron chi connectivity index (χ0n) is 16.5. The number of pyridine rings is 1. The van der Waals surface area contributed by atoms with E-state index in [2.05, 4.69) is 10.3 Å². The van der Waals surface area contributed by atoms with Crippen molar-refractivity contribution in [2.45, 2.75) is 37.1 Å². The van der Waals surface area contributed by atoms with E-state index in [1.807, 2.05) is 31.4 Å². The molecule has 8 heteroatoms. The molecule has 2 aromatic rings. The fourth-order valence-corrected chi connectivity index (χ4v) is 3.66. The maximum atomic E-state index is 13.8. The van der Waals surface area contributed by atoms with E-state index in [4.69, 9.17) is 4.74 Å². The molecule has 0 radical (unpaired) electrons. The van der Waals surface area contributed by atoms with Crippen molar-refractivity contribution < 1.29 is 18.7 Å². The number of piperidine rings is 1. The number of halogens is 1. The molecule has 154 valence electrons. The van der Waals surface area contributed by atoms with Gasteiger partial charge in [-0.15, -0.1) is 11.8 Å². The number of nitrogens with one attached hydrogen (secondary N) is 1. The lowest BCUT2D eigenvalue weighted by molar-refractivity contribution is -0.131. The van der Waals surface area contributed by atoms with E-state index in [1.165, 1.54) is 0 Å². The van der Waals surface area contributed by atoms with Crippen LogP contribution in [0.3, 0.4) is 0 Å². The van der Waals surface area contributed by atoms with Gasteiger partial charge in [0.05, 0.1) is 6.20 Å². The van der Waals surface area contributed by atoms with E-state index in [1.54, 1.807) is 22.7 Å². The van der Waals surface area contributed by atoms with E-state index in [9.17, 15) is 14.0 Å². The first-order chi connectivity index (χ1) is 14.0. The molecule has 1 aliphatic rings. The summed E-state index contributed by atoms with van der Waals surface area (Å²) in [7, 11) is 0. The predicted molar refractivity (Wildman–Crippen MR) is 110 cm³/mol.